The van der Waals surface area contributed by atoms with E-state index >= 15 is 0 Å². The molecule has 0 saturated carbocycles. The number of hydrogen-bond donors (Lipinski definition) is 0. The number of allylic oxidation sites excluding steroid dienone is 1. The van der Waals surface area contributed by atoms with Crippen LogP contribution in [0.3, 0.4) is 0 Å². The molecule has 0 aliphatic carbocycles. The molecule has 0 amide bonds. The fourth-order valence-electron chi connectivity index (χ4n) is 1.54. The first-order valence-corrected chi connectivity index (χ1v) is 6.58. The van der Waals surface area contributed by atoms with Crippen molar-refractivity contribution in [1.29, 1.82) is 0 Å². The van der Waals surface area contributed by atoms with Gasteiger partial charge in [-0.2, -0.15) is 0 Å². The predicted octanol–water partition coefficient (Wildman–Crippen LogP) is 1.71. The highest BCUT2D eigenvalue weighted by Crippen LogP contribution is 2.12. The number of rotatable bonds is 11. The van der Waals surface area contributed by atoms with Crippen molar-refractivity contribution >= 4 is 0 Å². The average Bonchev–Trinajstić information content (AvgIpc) is 3.26. The van der Waals surface area contributed by atoms with E-state index in [4.69, 9.17) is 18.9 Å². The molecule has 4 nitrogen and oxygen atoms in total. The van der Waals surface area contributed by atoms with Gasteiger partial charge in [-0.3, -0.25) is 0 Å². The van der Waals surface area contributed by atoms with Crippen LogP contribution >= 0.6 is 0 Å². The Balaban J connectivity index is 1.43. The number of epoxide rings is 2. The standard InChI is InChI=1S/C14H22O4/c1-2-12(16-10-14-11-18-14)6-4-3-5-7-15-8-13-9-17-13/h2-3,5,12-14H,1,4,6-11H2. The largest absolute Gasteiger partial charge is 0.375 e. The molecule has 0 aromatic carbocycles. The summed E-state index contributed by atoms with van der Waals surface area (Å²) in [6, 6.07) is 0. The minimum atomic E-state index is 0.125. The van der Waals surface area contributed by atoms with E-state index in [0.29, 0.717) is 32.0 Å². The molecule has 3 atom stereocenters. The van der Waals surface area contributed by atoms with Crippen LogP contribution in [-0.2, 0) is 18.9 Å². The minimum Gasteiger partial charge on any atom is -0.375 e. The minimum absolute atomic E-state index is 0.125. The maximum atomic E-state index is 5.66. The second-order valence-electron chi connectivity index (χ2n) is 4.60. The van der Waals surface area contributed by atoms with Crippen LogP contribution in [0.15, 0.2) is 24.8 Å². The Labute approximate surface area is 109 Å². The summed E-state index contributed by atoms with van der Waals surface area (Å²) in [6.45, 7) is 7.54. The summed E-state index contributed by atoms with van der Waals surface area (Å²) in [5, 5.41) is 0. The normalized spacial score (nSPS) is 27.3. The van der Waals surface area contributed by atoms with Gasteiger partial charge in [0.05, 0.1) is 39.1 Å². The monoisotopic (exact) mass is 254 g/mol. The lowest BCUT2D eigenvalue weighted by Gasteiger charge is -2.11. The van der Waals surface area contributed by atoms with Crippen LogP contribution < -0.4 is 0 Å². The van der Waals surface area contributed by atoms with Gasteiger partial charge in [-0.05, 0) is 12.8 Å². The van der Waals surface area contributed by atoms with Crippen molar-refractivity contribution in [2.75, 3.05) is 33.0 Å². The molecule has 2 aliphatic rings. The van der Waals surface area contributed by atoms with Gasteiger partial charge in [0.1, 0.15) is 12.2 Å². The molecule has 4 heteroatoms. The van der Waals surface area contributed by atoms with Gasteiger partial charge in [0.15, 0.2) is 0 Å². The Morgan fingerprint density at radius 1 is 1.17 bits per heavy atom. The van der Waals surface area contributed by atoms with Crippen LogP contribution in [0.1, 0.15) is 12.8 Å². The van der Waals surface area contributed by atoms with E-state index in [2.05, 4.69) is 12.7 Å². The van der Waals surface area contributed by atoms with Gasteiger partial charge in [-0.25, -0.2) is 0 Å². The van der Waals surface area contributed by atoms with E-state index < -0.39 is 0 Å². The first-order valence-electron chi connectivity index (χ1n) is 6.58. The van der Waals surface area contributed by atoms with E-state index in [-0.39, 0.29) is 6.10 Å². The molecule has 0 spiro atoms. The Morgan fingerprint density at radius 2 is 1.89 bits per heavy atom. The molecule has 2 aliphatic heterocycles. The summed E-state index contributed by atoms with van der Waals surface area (Å²) in [7, 11) is 0. The molecule has 102 valence electrons. The van der Waals surface area contributed by atoms with Crippen molar-refractivity contribution in [2.24, 2.45) is 0 Å². The lowest BCUT2D eigenvalue weighted by atomic mass is 10.2. The molecular formula is C14H22O4. The maximum Gasteiger partial charge on any atom is 0.104 e. The molecule has 0 aromatic heterocycles. The van der Waals surface area contributed by atoms with Crippen molar-refractivity contribution in [3.8, 4) is 0 Å². The van der Waals surface area contributed by atoms with Crippen molar-refractivity contribution in [1.82, 2.24) is 0 Å². The Hall–Kier alpha value is -0.680. The SMILES string of the molecule is C=CC(CCC=CCOCC1CO1)OCC1CO1. The average molecular weight is 254 g/mol. The summed E-state index contributed by atoms with van der Waals surface area (Å²) in [5.41, 5.74) is 0. The van der Waals surface area contributed by atoms with E-state index in [1.165, 1.54) is 0 Å². The fourth-order valence-corrected chi connectivity index (χ4v) is 1.54. The van der Waals surface area contributed by atoms with Crippen LogP contribution in [0.2, 0.25) is 0 Å². The second-order valence-corrected chi connectivity index (χ2v) is 4.60. The Bertz CT molecular complexity index is 269. The lowest BCUT2D eigenvalue weighted by molar-refractivity contribution is 0.0677. The third-order valence-corrected chi connectivity index (χ3v) is 2.87. The zero-order valence-corrected chi connectivity index (χ0v) is 10.8. The van der Waals surface area contributed by atoms with Gasteiger partial charge in [-0.1, -0.05) is 18.2 Å². The van der Waals surface area contributed by atoms with Crippen LogP contribution in [0.4, 0.5) is 0 Å². The van der Waals surface area contributed by atoms with E-state index in [1.807, 2.05) is 12.2 Å². The summed E-state index contributed by atoms with van der Waals surface area (Å²) in [6.07, 6.45) is 8.76. The quantitative estimate of drug-likeness (QED) is 0.320. The van der Waals surface area contributed by atoms with Crippen molar-refractivity contribution in [2.45, 2.75) is 31.2 Å². The third kappa shape index (κ3) is 6.31. The van der Waals surface area contributed by atoms with Gasteiger partial charge in [0, 0.05) is 0 Å². The molecule has 2 fully saturated rings. The molecule has 0 aromatic rings. The maximum absolute atomic E-state index is 5.66. The summed E-state index contributed by atoms with van der Waals surface area (Å²) >= 11 is 0. The third-order valence-electron chi connectivity index (χ3n) is 2.87. The molecular weight excluding hydrogens is 232 g/mol. The van der Waals surface area contributed by atoms with Gasteiger partial charge in [0.2, 0.25) is 0 Å². The smallest absolute Gasteiger partial charge is 0.104 e. The van der Waals surface area contributed by atoms with Gasteiger partial charge in [-0.15, -0.1) is 6.58 Å². The Kier molecular flexibility index (Phi) is 5.87. The van der Waals surface area contributed by atoms with E-state index in [0.717, 1.165) is 26.1 Å². The molecule has 2 heterocycles. The summed E-state index contributed by atoms with van der Waals surface area (Å²) < 4.78 is 21.2. The highest BCUT2D eigenvalue weighted by molar-refractivity contribution is 4.87. The first kappa shape index (κ1) is 13.7. The number of hydrogen-bond acceptors (Lipinski definition) is 4. The highest BCUT2D eigenvalue weighted by atomic mass is 16.6. The van der Waals surface area contributed by atoms with E-state index in [1.54, 1.807) is 0 Å². The van der Waals surface area contributed by atoms with Gasteiger partial charge in [0.25, 0.3) is 0 Å². The summed E-state index contributed by atoms with van der Waals surface area (Å²) in [5.74, 6) is 0. The molecule has 18 heavy (non-hydrogen) atoms. The number of ether oxygens (including phenoxy) is 4. The van der Waals surface area contributed by atoms with Crippen molar-refractivity contribution in [3.63, 3.8) is 0 Å². The second kappa shape index (κ2) is 7.69. The van der Waals surface area contributed by atoms with Crippen LogP contribution in [0, 0.1) is 0 Å². The molecule has 2 rings (SSSR count). The van der Waals surface area contributed by atoms with Crippen LogP contribution in [-0.4, -0.2) is 51.3 Å². The van der Waals surface area contributed by atoms with Gasteiger partial charge >= 0.3 is 0 Å². The summed E-state index contributed by atoms with van der Waals surface area (Å²) in [4.78, 5) is 0. The molecule has 2 saturated heterocycles. The van der Waals surface area contributed by atoms with Crippen LogP contribution in [0.25, 0.3) is 0 Å². The van der Waals surface area contributed by atoms with E-state index in [9.17, 15) is 0 Å². The van der Waals surface area contributed by atoms with Gasteiger partial charge < -0.3 is 18.9 Å². The molecule has 0 bridgehead atoms. The molecule has 3 unspecified atom stereocenters. The van der Waals surface area contributed by atoms with Crippen LogP contribution in [0.5, 0.6) is 0 Å². The topological polar surface area (TPSA) is 43.5 Å². The lowest BCUT2D eigenvalue weighted by Crippen LogP contribution is -2.13. The Morgan fingerprint density at radius 3 is 2.56 bits per heavy atom. The fraction of sp³-hybridized carbons (Fsp3) is 0.714. The molecule has 0 N–H and O–H groups in total. The van der Waals surface area contributed by atoms with Crippen molar-refractivity contribution in [3.05, 3.63) is 24.8 Å². The molecule has 0 radical (unpaired) electrons. The zero-order chi connectivity index (χ0) is 12.6. The predicted molar refractivity (Wildman–Crippen MR) is 68.6 cm³/mol. The zero-order valence-electron chi connectivity index (χ0n) is 10.8. The highest BCUT2D eigenvalue weighted by Gasteiger charge is 2.23. The first-order chi connectivity index (χ1) is 8.88. The van der Waals surface area contributed by atoms with Crippen molar-refractivity contribution < 1.29 is 18.9 Å².